The van der Waals surface area contributed by atoms with Crippen molar-refractivity contribution in [3.8, 4) is 0 Å². The van der Waals surface area contributed by atoms with Crippen molar-refractivity contribution in [3.63, 3.8) is 0 Å². The van der Waals surface area contributed by atoms with Gasteiger partial charge in [0.05, 0.1) is 0 Å². The summed E-state index contributed by atoms with van der Waals surface area (Å²) in [5, 5.41) is 3.47. The highest BCUT2D eigenvalue weighted by Gasteiger charge is 2.35. The number of nitrogens with zero attached hydrogens (tertiary/aromatic N) is 1. The Morgan fingerprint density at radius 3 is 2.62 bits per heavy atom. The largest absolute Gasteiger partial charge is 0.313 e. The van der Waals surface area contributed by atoms with E-state index < -0.39 is 0 Å². The van der Waals surface area contributed by atoms with Gasteiger partial charge >= 0.3 is 0 Å². The van der Waals surface area contributed by atoms with Crippen molar-refractivity contribution < 1.29 is 0 Å². The molecule has 1 aromatic carbocycles. The summed E-state index contributed by atoms with van der Waals surface area (Å²) in [6, 6.07) is 10.1. The monoisotopic (exact) mass is 286 g/mol. The van der Waals surface area contributed by atoms with E-state index in [4.69, 9.17) is 0 Å². The molecule has 2 unspecified atom stereocenters. The molecule has 1 heterocycles. The highest BCUT2D eigenvalue weighted by atomic mass is 15.2. The lowest BCUT2D eigenvalue weighted by atomic mass is 9.85. The molecule has 0 amide bonds. The number of likely N-dealkylation sites (tertiary alicyclic amines) is 1. The highest BCUT2D eigenvalue weighted by Crippen LogP contribution is 2.36. The van der Waals surface area contributed by atoms with Crippen LogP contribution in [0.4, 0.5) is 0 Å². The van der Waals surface area contributed by atoms with Crippen molar-refractivity contribution in [2.45, 2.75) is 64.6 Å². The summed E-state index contributed by atoms with van der Waals surface area (Å²) in [7, 11) is 0. The number of hydrogen-bond donors (Lipinski definition) is 1. The first-order chi connectivity index (χ1) is 10.4. The predicted octanol–water partition coefficient (Wildman–Crippen LogP) is 3.95. The van der Waals surface area contributed by atoms with E-state index in [1.54, 1.807) is 0 Å². The van der Waals surface area contributed by atoms with E-state index in [1.165, 1.54) is 56.2 Å². The molecule has 21 heavy (non-hydrogen) atoms. The summed E-state index contributed by atoms with van der Waals surface area (Å²) >= 11 is 0. The quantitative estimate of drug-likeness (QED) is 0.797. The molecule has 1 aliphatic carbocycles. The minimum atomic E-state index is 0.879. The van der Waals surface area contributed by atoms with Gasteiger partial charge in [-0.2, -0.15) is 0 Å². The van der Waals surface area contributed by atoms with Crippen molar-refractivity contribution in [2.75, 3.05) is 13.1 Å². The van der Waals surface area contributed by atoms with Gasteiger partial charge in [-0.05, 0) is 55.8 Å². The summed E-state index contributed by atoms with van der Waals surface area (Å²) in [6.07, 6.45) is 8.46. The second-order valence-electron chi connectivity index (χ2n) is 6.86. The molecule has 0 spiro atoms. The molecule has 1 aliphatic heterocycles. The average Bonchev–Trinajstić information content (AvgIpc) is 2.93. The van der Waals surface area contributed by atoms with E-state index in [-0.39, 0.29) is 0 Å². The van der Waals surface area contributed by atoms with Gasteiger partial charge in [0.25, 0.3) is 0 Å². The van der Waals surface area contributed by atoms with E-state index in [9.17, 15) is 0 Å². The van der Waals surface area contributed by atoms with Crippen LogP contribution in [0.5, 0.6) is 0 Å². The van der Waals surface area contributed by atoms with Crippen molar-refractivity contribution in [2.24, 2.45) is 5.92 Å². The first-order valence-electron chi connectivity index (χ1n) is 8.89. The Morgan fingerprint density at radius 2 is 1.81 bits per heavy atom. The molecule has 0 aromatic heterocycles. The van der Waals surface area contributed by atoms with Gasteiger partial charge in [-0.25, -0.2) is 0 Å². The van der Waals surface area contributed by atoms with Crippen LogP contribution in [0.25, 0.3) is 0 Å². The zero-order valence-electron chi connectivity index (χ0n) is 13.5. The lowest BCUT2D eigenvalue weighted by molar-refractivity contribution is 0.176. The Balaban J connectivity index is 1.53. The summed E-state index contributed by atoms with van der Waals surface area (Å²) in [6.45, 7) is 6.80. The van der Waals surface area contributed by atoms with Gasteiger partial charge in [0.1, 0.15) is 0 Å². The molecule has 3 rings (SSSR count). The molecule has 1 N–H and O–H groups in total. The van der Waals surface area contributed by atoms with Crippen molar-refractivity contribution >= 4 is 0 Å². The fourth-order valence-electron chi connectivity index (χ4n) is 4.11. The Labute approximate surface area is 129 Å². The summed E-state index contributed by atoms with van der Waals surface area (Å²) in [5.41, 5.74) is 2.89. The van der Waals surface area contributed by atoms with Crippen LogP contribution in [0.15, 0.2) is 24.3 Å². The highest BCUT2D eigenvalue weighted by molar-refractivity contribution is 5.22. The SMILES string of the molecule is CCCNCc1ccc(CN2CCC3CCCCC32)cc1. The molecular weight excluding hydrogens is 256 g/mol. The fraction of sp³-hybridized carbons (Fsp3) is 0.684. The fourth-order valence-corrected chi connectivity index (χ4v) is 4.11. The lowest BCUT2D eigenvalue weighted by Crippen LogP contribution is -2.34. The molecule has 0 radical (unpaired) electrons. The van der Waals surface area contributed by atoms with Gasteiger partial charge in [0, 0.05) is 19.1 Å². The van der Waals surface area contributed by atoms with E-state index in [0.717, 1.165) is 31.6 Å². The van der Waals surface area contributed by atoms with Crippen LogP contribution in [-0.4, -0.2) is 24.0 Å². The Bertz CT molecular complexity index is 426. The topological polar surface area (TPSA) is 15.3 Å². The zero-order chi connectivity index (χ0) is 14.5. The molecule has 2 aliphatic rings. The Kier molecular flexibility index (Phi) is 5.32. The molecule has 2 nitrogen and oxygen atoms in total. The molecule has 2 heteroatoms. The van der Waals surface area contributed by atoms with Crippen LogP contribution in [0.2, 0.25) is 0 Å². The van der Waals surface area contributed by atoms with E-state index in [2.05, 4.69) is 41.4 Å². The van der Waals surface area contributed by atoms with E-state index >= 15 is 0 Å². The molecule has 2 fully saturated rings. The third-order valence-electron chi connectivity index (χ3n) is 5.29. The number of rotatable bonds is 6. The van der Waals surface area contributed by atoms with Crippen LogP contribution < -0.4 is 5.32 Å². The maximum absolute atomic E-state index is 3.47. The summed E-state index contributed by atoms with van der Waals surface area (Å²) < 4.78 is 0. The van der Waals surface area contributed by atoms with Gasteiger partial charge in [0.2, 0.25) is 0 Å². The molecule has 1 aromatic rings. The lowest BCUT2D eigenvalue weighted by Gasteiger charge is -2.31. The smallest absolute Gasteiger partial charge is 0.0236 e. The van der Waals surface area contributed by atoms with Crippen LogP contribution in [0.3, 0.4) is 0 Å². The Hall–Kier alpha value is -0.860. The summed E-state index contributed by atoms with van der Waals surface area (Å²) in [5.74, 6) is 0.997. The number of nitrogens with one attached hydrogen (secondary N) is 1. The molecule has 0 bridgehead atoms. The molecule has 1 saturated heterocycles. The summed E-state index contributed by atoms with van der Waals surface area (Å²) in [4.78, 5) is 2.74. The van der Waals surface area contributed by atoms with Crippen molar-refractivity contribution in [1.82, 2.24) is 10.2 Å². The zero-order valence-corrected chi connectivity index (χ0v) is 13.5. The van der Waals surface area contributed by atoms with Gasteiger partial charge in [0.15, 0.2) is 0 Å². The predicted molar refractivity (Wildman–Crippen MR) is 89.2 cm³/mol. The maximum atomic E-state index is 3.47. The maximum Gasteiger partial charge on any atom is 0.0236 e. The molecular formula is C19H30N2. The van der Waals surface area contributed by atoms with Gasteiger partial charge in [-0.3, -0.25) is 4.90 Å². The van der Waals surface area contributed by atoms with Gasteiger partial charge in [-0.15, -0.1) is 0 Å². The van der Waals surface area contributed by atoms with Crippen molar-refractivity contribution in [1.29, 1.82) is 0 Å². The van der Waals surface area contributed by atoms with Crippen LogP contribution in [0, 0.1) is 5.92 Å². The Morgan fingerprint density at radius 1 is 1.05 bits per heavy atom. The average molecular weight is 286 g/mol. The number of fused-ring (bicyclic) bond motifs is 1. The van der Waals surface area contributed by atoms with Gasteiger partial charge in [-0.1, -0.05) is 44.0 Å². The first-order valence-corrected chi connectivity index (χ1v) is 8.89. The number of hydrogen-bond acceptors (Lipinski definition) is 2. The molecule has 2 atom stereocenters. The number of benzene rings is 1. The minimum Gasteiger partial charge on any atom is -0.313 e. The molecule has 116 valence electrons. The standard InChI is InChI=1S/C19H30N2/c1-2-12-20-14-16-7-9-17(10-8-16)15-21-13-11-18-5-3-4-6-19(18)21/h7-10,18-20H,2-6,11-15H2,1H3. The van der Waals surface area contributed by atoms with Crippen molar-refractivity contribution in [3.05, 3.63) is 35.4 Å². The second kappa shape index (κ2) is 7.42. The minimum absolute atomic E-state index is 0.879. The van der Waals surface area contributed by atoms with E-state index in [0.29, 0.717) is 0 Å². The van der Waals surface area contributed by atoms with Crippen LogP contribution >= 0.6 is 0 Å². The normalized spacial score (nSPS) is 26.0. The van der Waals surface area contributed by atoms with Crippen LogP contribution in [0.1, 0.15) is 56.6 Å². The first kappa shape index (κ1) is 15.1. The third kappa shape index (κ3) is 3.87. The van der Waals surface area contributed by atoms with Gasteiger partial charge < -0.3 is 5.32 Å². The second-order valence-corrected chi connectivity index (χ2v) is 6.86. The molecule has 1 saturated carbocycles. The van der Waals surface area contributed by atoms with E-state index in [1.807, 2.05) is 0 Å². The third-order valence-corrected chi connectivity index (χ3v) is 5.29. The van der Waals surface area contributed by atoms with Crippen LogP contribution in [-0.2, 0) is 13.1 Å².